The molecule has 1 heterocycles. The quantitative estimate of drug-likeness (QED) is 0.371. The highest BCUT2D eigenvalue weighted by atomic mass is 28.3. The Morgan fingerprint density at radius 3 is 2.61 bits per heavy atom. The van der Waals surface area contributed by atoms with E-state index in [1.54, 1.807) is 7.11 Å². The second-order valence-electron chi connectivity index (χ2n) is 10.1. The first kappa shape index (κ1) is 23.9. The van der Waals surface area contributed by atoms with E-state index in [0.717, 1.165) is 31.6 Å². The topological polar surface area (TPSA) is 41.6 Å². The zero-order valence-electron chi connectivity index (χ0n) is 20.1. The summed E-state index contributed by atoms with van der Waals surface area (Å²) in [6.45, 7) is 9.71. The molecule has 0 unspecified atom stereocenters. The second kappa shape index (κ2) is 10.7. The highest BCUT2D eigenvalue weighted by Gasteiger charge is 2.41. The van der Waals surface area contributed by atoms with E-state index >= 15 is 0 Å². The summed E-state index contributed by atoms with van der Waals surface area (Å²) in [5.74, 6) is 4.45. The van der Waals surface area contributed by atoms with Gasteiger partial charge in [-0.05, 0) is 60.9 Å². The maximum absolute atomic E-state index is 13.6. The maximum atomic E-state index is 13.6. The van der Waals surface area contributed by atoms with Crippen LogP contribution in [0.25, 0.3) is 0 Å². The first-order valence-electron chi connectivity index (χ1n) is 12.1. The van der Waals surface area contributed by atoms with Gasteiger partial charge in [0, 0.05) is 6.42 Å². The van der Waals surface area contributed by atoms with E-state index in [4.69, 9.17) is 4.74 Å². The van der Waals surface area contributed by atoms with E-state index in [9.17, 15) is 4.79 Å². The Bertz CT molecular complexity index is 815. The van der Waals surface area contributed by atoms with Crippen LogP contribution in [0, 0.1) is 17.4 Å². The van der Waals surface area contributed by atoms with Crippen LogP contribution in [-0.4, -0.2) is 38.7 Å². The average molecular weight is 441 g/mol. The molecule has 1 N–H and O–H groups in total. The fraction of sp³-hybridized carbons (Fsp3) is 0.654. The van der Waals surface area contributed by atoms with Crippen LogP contribution in [-0.2, 0) is 11.2 Å². The summed E-state index contributed by atoms with van der Waals surface area (Å²) in [4.78, 5) is 15.7. The standard InChI is InChI=1S/C26H40N2O2Si/c1-6-7-16-27-24-19-21-18-22(30-2)13-14-23(21)26(20-11-9-8-10-12-20)28(24)25(29)15-17-31(3,4)5/h13-14,18,20,24,26-27H,6-12,16,19H2,1-5H3/t24-,26+/m1/s1. The molecular formula is C26H40N2O2Si. The van der Waals surface area contributed by atoms with Crippen molar-refractivity contribution in [3.05, 3.63) is 29.3 Å². The molecule has 1 fully saturated rings. The van der Waals surface area contributed by atoms with Gasteiger partial charge in [0.15, 0.2) is 0 Å². The molecule has 0 bridgehead atoms. The van der Waals surface area contributed by atoms with Gasteiger partial charge in [-0.3, -0.25) is 10.1 Å². The van der Waals surface area contributed by atoms with Crippen molar-refractivity contribution in [2.24, 2.45) is 5.92 Å². The summed E-state index contributed by atoms with van der Waals surface area (Å²) >= 11 is 0. The SMILES string of the molecule is CCCCN[C@H]1Cc2cc(OC)ccc2[C@H](C2CCCCC2)N1C(=O)C#C[Si](C)(C)C. The Balaban J connectivity index is 2.04. The van der Waals surface area contributed by atoms with Crippen molar-refractivity contribution in [2.75, 3.05) is 13.7 Å². The van der Waals surface area contributed by atoms with Gasteiger partial charge in [-0.1, -0.05) is 58.3 Å². The number of amides is 1. The molecule has 1 saturated carbocycles. The van der Waals surface area contributed by atoms with E-state index in [0.29, 0.717) is 5.92 Å². The number of nitrogens with zero attached hydrogens (tertiary/aromatic N) is 1. The Hall–Kier alpha value is -1.77. The van der Waals surface area contributed by atoms with Gasteiger partial charge in [0.05, 0.1) is 19.3 Å². The minimum atomic E-state index is -1.63. The third kappa shape index (κ3) is 6.14. The van der Waals surface area contributed by atoms with Gasteiger partial charge in [0.25, 0.3) is 5.91 Å². The number of rotatable bonds is 6. The van der Waals surface area contributed by atoms with E-state index < -0.39 is 8.07 Å². The minimum absolute atomic E-state index is 0.00605. The number of ether oxygens (including phenoxy) is 1. The largest absolute Gasteiger partial charge is 0.497 e. The highest BCUT2D eigenvalue weighted by molar-refractivity contribution is 6.84. The maximum Gasteiger partial charge on any atom is 0.299 e. The van der Waals surface area contributed by atoms with Crippen LogP contribution < -0.4 is 10.1 Å². The molecule has 2 aliphatic rings. The predicted octanol–water partition coefficient (Wildman–Crippen LogP) is 5.30. The van der Waals surface area contributed by atoms with Crippen LogP contribution in [0.4, 0.5) is 0 Å². The van der Waals surface area contributed by atoms with Crippen LogP contribution >= 0.6 is 0 Å². The number of fused-ring (bicyclic) bond motifs is 1. The minimum Gasteiger partial charge on any atom is -0.497 e. The van der Waals surface area contributed by atoms with E-state index in [2.05, 4.69) is 66.4 Å². The summed E-state index contributed by atoms with van der Waals surface area (Å²) in [6, 6.07) is 6.52. The second-order valence-corrected chi connectivity index (χ2v) is 14.9. The number of carbonyl (C=O) groups is 1. The number of benzene rings is 1. The van der Waals surface area contributed by atoms with Crippen molar-refractivity contribution >= 4 is 14.0 Å². The molecule has 3 rings (SSSR count). The summed E-state index contributed by atoms with van der Waals surface area (Å²) in [5, 5.41) is 3.71. The molecule has 170 valence electrons. The highest BCUT2D eigenvalue weighted by Crippen LogP contribution is 2.44. The molecule has 0 aromatic heterocycles. The average Bonchev–Trinajstić information content (AvgIpc) is 2.76. The number of hydrogen-bond acceptors (Lipinski definition) is 3. The number of carbonyl (C=O) groups excluding carboxylic acids is 1. The molecule has 1 aromatic carbocycles. The third-order valence-corrected chi connectivity index (χ3v) is 7.38. The number of unbranched alkanes of at least 4 members (excludes halogenated alkanes) is 1. The first-order valence-corrected chi connectivity index (χ1v) is 15.6. The Kier molecular flexibility index (Phi) is 8.24. The lowest BCUT2D eigenvalue weighted by molar-refractivity contribution is -0.133. The van der Waals surface area contributed by atoms with Crippen LogP contribution in [0.15, 0.2) is 18.2 Å². The summed E-state index contributed by atoms with van der Waals surface area (Å²) in [5.41, 5.74) is 5.93. The predicted molar refractivity (Wildman–Crippen MR) is 131 cm³/mol. The van der Waals surface area contributed by atoms with Crippen LogP contribution in [0.1, 0.15) is 69.0 Å². The zero-order chi connectivity index (χ0) is 22.4. The first-order chi connectivity index (χ1) is 14.8. The molecule has 0 saturated heterocycles. The van der Waals surface area contributed by atoms with Gasteiger partial charge >= 0.3 is 0 Å². The van der Waals surface area contributed by atoms with Gasteiger partial charge < -0.3 is 9.64 Å². The molecule has 5 heteroatoms. The van der Waals surface area contributed by atoms with Crippen molar-refractivity contribution < 1.29 is 9.53 Å². The van der Waals surface area contributed by atoms with Gasteiger partial charge in [0.2, 0.25) is 0 Å². The number of methoxy groups -OCH3 is 1. The number of nitrogens with one attached hydrogen (secondary N) is 1. The Morgan fingerprint density at radius 1 is 1.23 bits per heavy atom. The Morgan fingerprint density at radius 2 is 1.97 bits per heavy atom. The van der Waals surface area contributed by atoms with Crippen LogP contribution in [0.3, 0.4) is 0 Å². The lowest BCUT2D eigenvalue weighted by Crippen LogP contribution is -2.56. The van der Waals surface area contributed by atoms with Crippen molar-refractivity contribution in [2.45, 2.75) is 90.1 Å². The van der Waals surface area contributed by atoms with E-state index in [-0.39, 0.29) is 18.1 Å². The van der Waals surface area contributed by atoms with Crippen molar-refractivity contribution in [3.8, 4) is 17.2 Å². The summed E-state index contributed by atoms with van der Waals surface area (Å²) in [7, 11) is 0.0963. The van der Waals surface area contributed by atoms with Gasteiger partial charge in [-0.2, -0.15) is 0 Å². The molecule has 31 heavy (non-hydrogen) atoms. The molecule has 0 spiro atoms. The summed E-state index contributed by atoms with van der Waals surface area (Å²) in [6.07, 6.45) is 9.22. The fourth-order valence-electron chi connectivity index (χ4n) is 4.95. The molecule has 1 aliphatic carbocycles. The van der Waals surface area contributed by atoms with Gasteiger partial charge in [-0.15, -0.1) is 5.54 Å². The third-order valence-electron chi connectivity index (χ3n) is 6.50. The molecule has 2 atom stereocenters. The molecule has 1 aliphatic heterocycles. The zero-order valence-corrected chi connectivity index (χ0v) is 21.1. The van der Waals surface area contributed by atoms with E-state index in [1.807, 2.05) is 0 Å². The smallest absolute Gasteiger partial charge is 0.299 e. The van der Waals surface area contributed by atoms with Crippen molar-refractivity contribution in [1.29, 1.82) is 0 Å². The van der Waals surface area contributed by atoms with E-state index in [1.165, 1.54) is 43.2 Å². The van der Waals surface area contributed by atoms with Gasteiger partial charge in [0.1, 0.15) is 13.8 Å². The normalized spacial score (nSPS) is 21.8. The molecular weight excluding hydrogens is 400 g/mol. The van der Waals surface area contributed by atoms with Crippen molar-refractivity contribution in [3.63, 3.8) is 0 Å². The van der Waals surface area contributed by atoms with Crippen LogP contribution in [0.2, 0.25) is 19.6 Å². The molecule has 0 radical (unpaired) electrons. The molecule has 4 nitrogen and oxygen atoms in total. The molecule has 1 aromatic rings. The van der Waals surface area contributed by atoms with Crippen LogP contribution in [0.5, 0.6) is 5.75 Å². The monoisotopic (exact) mass is 440 g/mol. The lowest BCUT2D eigenvalue weighted by atomic mass is 9.76. The Labute approximate surface area is 190 Å². The molecule has 1 amide bonds. The van der Waals surface area contributed by atoms with Crippen molar-refractivity contribution in [1.82, 2.24) is 10.2 Å². The number of hydrogen-bond donors (Lipinski definition) is 1. The fourth-order valence-corrected chi connectivity index (χ4v) is 5.43. The van der Waals surface area contributed by atoms with Gasteiger partial charge in [-0.25, -0.2) is 0 Å². The summed E-state index contributed by atoms with van der Waals surface area (Å²) < 4.78 is 5.53. The lowest BCUT2D eigenvalue weighted by Gasteiger charge is -2.47.